The molecule has 0 N–H and O–H groups in total. The Balaban J connectivity index is 1.24. The second-order valence-electron chi connectivity index (χ2n) is 22.1. The number of halogens is 2. The first-order valence-corrected chi connectivity index (χ1v) is 26.6. The first-order chi connectivity index (χ1) is 33.9. The molecule has 0 aliphatic carbocycles. The van der Waals surface area contributed by atoms with Crippen LogP contribution in [0.4, 0.5) is 17.1 Å². The Labute approximate surface area is 436 Å². The molecule has 2 heterocycles. The molecule has 2 nitrogen and oxygen atoms in total. The van der Waals surface area contributed by atoms with Gasteiger partial charge < -0.3 is 9.47 Å². The van der Waals surface area contributed by atoms with Crippen molar-refractivity contribution < 1.29 is 0 Å². The molecule has 0 radical (unpaired) electrons. The smallest absolute Gasteiger partial charge is 0.0546 e. The van der Waals surface area contributed by atoms with E-state index in [1.165, 1.54) is 69.8 Å². The molecule has 0 atom stereocenters. The summed E-state index contributed by atoms with van der Waals surface area (Å²) in [5.41, 5.74) is 17.3. The van der Waals surface area contributed by atoms with E-state index >= 15 is 0 Å². The maximum absolute atomic E-state index is 6.99. The average Bonchev–Trinajstić information content (AvgIpc) is 3.88. The standard InChI is InChI=1S/C66H58BrClN2S/c1-64(2,3)43-28-31-57(54(35-43)41-18-11-10-12-19-41)69(49-39-46(67)38-47(68)40-49)48-21-15-20-42(34-48)62-51(53-25-16-24-52-50-22-13-14-27-61(50)71-63(52)53)23-17-26-60(62)70-58-32-29-44(65(4,5)6)36-55(58)56-37-45(66(7,8)9)30-33-59(56)70/h10-40H,1-9H3. The van der Waals surface area contributed by atoms with Gasteiger partial charge in [0.1, 0.15) is 0 Å². The van der Waals surface area contributed by atoms with Crippen molar-refractivity contribution in [2.24, 2.45) is 0 Å². The zero-order chi connectivity index (χ0) is 49.6. The lowest BCUT2D eigenvalue weighted by Gasteiger charge is -2.30. The van der Waals surface area contributed by atoms with Gasteiger partial charge in [0.25, 0.3) is 0 Å². The van der Waals surface area contributed by atoms with Crippen molar-refractivity contribution in [2.75, 3.05) is 4.90 Å². The van der Waals surface area contributed by atoms with Crippen molar-refractivity contribution in [3.63, 3.8) is 0 Å². The van der Waals surface area contributed by atoms with Crippen LogP contribution in [0.3, 0.4) is 0 Å². The van der Waals surface area contributed by atoms with Gasteiger partial charge >= 0.3 is 0 Å². The van der Waals surface area contributed by atoms with Gasteiger partial charge in [0, 0.05) is 68.5 Å². The van der Waals surface area contributed by atoms with Crippen LogP contribution in [-0.2, 0) is 16.2 Å². The lowest BCUT2D eigenvalue weighted by atomic mass is 9.84. The highest BCUT2D eigenvalue weighted by molar-refractivity contribution is 9.10. The first-order valence-electron chi connectivity index (χ1n) is 24.6. The fourth-order valence-corrected chi connectivity index (χ4v) is 12.4. The molecule has 0 fully saturated rings. The number of hydrogen-bond donors (Lipinski definition) is 0. The van der Waals surface area contributed by atoms with E-state index in [4.69, 9.17) is 11.6 Å². The highest BCUT2D eigenvalue weighted by Crippen LogP contribution is 2.49. The molecule has 0 spiro atoms. The van der Waals surface area contributed by atoms with E-state index in [1.54, 1.807) is 0 Å². The van der Waals surface area contributed by atoms with Crippen LogP contribution in [0.2, 0.25) is 5.02 Å². The molecule has 2 aromatic heterocycles. The van der Waals surface area contributed by atoms with Gasteiger partial charge in [-0.3, -0.25) is 0 Å². The Kier molecular flexibility index (Phi) is 11.7. The minimum atomic E-state index is -0.0568. The highest BCUT2D eigenvalue weighted by atomic mass is 79.9. The Hall–Kier alpha value is -6.43. The van der Waals surface area contributed by atoms with Crippen LogP contribution in [0.1, 0.15) is 79.0 Å². The lowest BCUT2D eigenvalue weighted by Crippen LogP contribution is -2.15. The second kappa shape index (κ2) is 17.7. The predicted molar refractivity (Wildman–Crippen MR) is 313 cm³/mol. The van der Waals surface area contributed by atoms with Crippen molar-refractivity contribution in [1.82, 2.24) is 4.57 Å². The molecule has 0 aliphatic heterocycles. The summed E-state index contributed by atoms with van der Waals surface area (Å²) in [5, 5.41) is 5.75. The monoisotopic (exact) mass is 1020 g/mol. The molecule has 0 aliphatic rings. The first kappa shape index (κ1) is 46.9. The van der Waals surface area contributed by atoms with Gasteiger partial charge in [0.2, 0.25) is 0 Å². The van der Waals surface area contributed by atoms with Crippen molar-refractivity contribution in [3.8, 4) is 39.1 Å². The highest BCUT2D eigenvalue weighted by Gasteiger charge is 2.27. The number of aromatic nitrogens is 1. The minimum absolute atomic E-state index is 0.0173. The Morgan fingerprint density at radius 2 is 1.03 bits per heavy atom. The summed E-state index contributed by atoms with van der Waals surface area (Å²) >= 11 is 12.7. The van der Waals surface area contributed by atoms with Gasteiger partial charge in [-0.15, -0.1) is 11.3 Å². The van der Waals surface area contributed by atoms with Crippen LogP contribution in [-0.4, -0.2) is 4.57 Å². The van der Waals surface area contributed by atoms with Gasteiger partial charge in [0.05, 0.1) is 22.4 Å². The number of hydrogen-bond acceptors (Lipinski definition) is 2. The Morgan fingerprint density at radius 1 is 0.451 bits per heavy atom. The topological polar surface area (TPSA) is 8.17 Å². The molecule has 11 rings (SSSR count). The van der Waals surface area contributed by atoms with E-state index in [9.17, 15) is 0 Å². The summed E-state index contributed by atoms with van der Waals surface area (Å²) in [4.78, 5) is 2.38. The Morgan fingerprint density at radius 3 is 1.70 bits per heavy atom. The minimum Gasteiger partial charge on any atom is -0.310 e. The van der Waals surface area contributed by atoms with Gasteiger partial charge in [0.15, 0.2) is 0 Å². The molecule has 5 heteroatoms. The lowest BCUT2D eigenvalue weighted by molar-refractivity contribution is 0.590. The molecule has 0 saturated carbocycles. The van der Waals surface area contributed by atoms with Crippen molar-refractivity contribution >= 4 is 97.9 Å². The van der Waals surface area contributed by atoms with Gasteiger partial charge in [-0.25, -0.2) is 0 Å². The zero-order valence-electron chi connectivity index (χ0n) is 42.0. The molecule has 11 aromatic rings. The maximum Gasteiger partial charge on any atom is 0.0546 e. The fraction of sp³-hybridized carbons (Fsp3) is 0.182. The second-order valence-corrected chi connectivity index (χ2v) is 24.5. The number of thiophene rings is 1. The van der Waals surface area contributed by atoms with Crippen molar-refractivity contribution in [2.45, 2.75) is 78.6 Å². The molecule has 9 aromatic carbocycles. The molecule has 0 saturated heterocycles. The normalized spacial score (nSPS) is 12.4. The van der Waals surface area contributed by atoms with E-state index < -0.39 is 0 Å². The van der Waals surface area contributed by atoms with Crippen molar-refractivity contribution in [3.05, 3.63) is 214 Å². The SMILES string of the molecule is CC(C)(C)c1ccc(N(c2cc(Cl)cc(Br)c2)c2cccc(-c3c(-c4cccc5c4sc4ccccc45)cccc3-n3c4ccc(C(C)(C)C)cc4c4cc(C(C)(C)C)ccc43)c2)c(-c2ccccc2)c1. The number of nitrogens with zero attached hydrogens (tertiary/aromatic N) is 2. The van der Waals surface area contributed by atoms with Gasteiger partial charge in [-0.05, 0) is 128 Å². The third-order valence-electron chi connectivity index (χ3n) is 14.2. The Bertz CT molecular complexity index is 3760. The quantitative estimate of drug-likeness (QED) is 0.154. The van der Waals surface area contributed by atoms with E-state index in [2.05, 4.69) is 270 Å². The molecular weight excluding hydrogens is 968 g/mol. The third kappa shape index (κ3) is 8.58. The molecule has 71 heavy (non-hydrogen) atoms. The molecule has 0 unspecified atom stereocenters. The van der Waals surface area contributed by atoms with Crippen LogP contribution in [0.25, 0.3) is 81.0 Å². The molecule has 352 valence electrons. The summed E-state index contributed by atoms with van der Waals surface area (Å²) in [5.74, 6) is 0. The van der Waals surface area contributed by atoms with E-state index in [0.29, 0.717) is 5.02 Å². The van der Waals surface area contributed by atoms with E-state index in [1.807, 2.05) is 17.4 Å². The van der Waals surface area contributed by atoms with Gasteiger partial charge in [-0.1, -0.05) is 199 Å². The van der Waals surface area contributed by atoms with Crippen LogP contribution in [0.15, 0.2) is 193 Å². The number of fused-ring (bicyclic) bond motifs is 6. The summed E-state index contributed by atoms with van der Waals surface area (Å²) in [6, 6.07) is 69.9. The zero-order valence-corrected chi connectivity index (χ0v) is 45.1. The number of benzene rings is 9. The molecular formula is C66H58BrClN2S. The summed E-state index contributed by atoms with van der Waals surface area (Å²) in [7, 11) is 0. The summed E-state index contributed by atoms with van der Waals surface area (Å²) in [6.07, 6.45) is 0. The van der Waals surface area contributed by atoms with E-state index in [-0.39, 0.29) is 16.2 Å². The average molecular weight is 1030 g/mol. The van der Waals surface area contributed by atoms with Crippen molar-refractivity contribution in [1.29, 1.82) is 0 Å². The molecule has 0 amide bonds. The fourth-order valence-electron chi connectivity index (χ4n) is 10.4. The van der Waals surface area contributed by atoms with Crippen LogP contribution in [0.5, 0.6) is 0 Å². The maximum atomic E-state index is 6.99. The van der Waals surface area contributed by atoms with Gasteiger partial charge in [-0.2, -0.15) is 0 Å². The molecule has 0 bridgehead atoms. The number of rotatable bonds is 7. The van der Waals surface area contributed by atoms with Crippen LogP contribution < -0.4 is 4.90 Å². The third-order valence-corrected chi connectivity index (χ3v) is 16.1. The van der Waals surface area contributed by atoms with Crippen LogP contribution in [0, 0.1) is 0 Å². The van der Waals surface area contributed by atoms with Crippen LogP contribution >= 0.6 is 38.9 Å². The largest absolute Gasteiger partial charge is 0.310 e. The predicted octanol–water partition coefficient (Wildman–Crippen LogP) is 20.9. The summed E-state index contributed by atoms with van der Waals surface area (Å²) < 4.78 is 6.02. The van der Waals surface area contributed by atoms with E-state index in [0.717, 1.165) is 49.5 Å². The number of anilines is 3. The summed E-state index contributed by atoms with van der Waals surface area (Å²) in [6.45, 7) is 20.7.